The number of nitrogens with two attached hydrogens (primary N) is 1. The molecule has 84 valence electrons. The second-order valence-electron chi connectivity index (χ2n) is 3.10. The molecule has 2 aromatic rings. The summed E-state index contributed by atoms with van der Waals surface area (Å²) >= 11 is 0. The van der Waals surface area contributed by atoms with Crippen molar-refractivity contribution in [2.75, 3.05) is 0 Å². The van der Waals surface area contributed by atoms with Gasteiger partial charge in [0.25, 0.3) is 0 Å². The average molecular weight is 240 g/mol. The maximum absolute atomic E-state index is 12.9. The van der Waals surface area contributed by atoms with E-state index in [2.05, 4.69) is 9.97 Å². The lowest BCUT2D eigenvalue weighted by molar-refractivity contribution is 0.628. The number of rotatable bonds is 2. The molecule has 0 amide bonds. The van der Waals surface area contributed by atoms with Gasteiger partial charge in [-0.15, -0.1) is 12.4 Å². The van der Waals surface area contributed by atoms with E-state index < -0.39 is 0 Å². The van der Waals surface area contributed by atoms with Crippen molar-refractivity contribution in [2.45, 2.75) is 6.54 Å². The van der Waals surface area contributed by atoms with Gasteiger partial charge in [0, 0.05) is 18.0 Å². The van der Waals surface area contributed by atoms with Gasteiger partial charge in [-0.2, -0.15) is 0 Å². The molecule has 0 saturated carbocycles. The lowest BCUT2D eigenvalue weighted by atomic mass is 10.1. The summed E-state index contributed by atoms with van der Waals surface area (Å²) in [5, 5.41) is 0. The van der Waals surface area contributed by atoms with Gasteiger partial charge in [0.05, 0.1) is 6.54 Å². The predicted octanol–water partition coefficient (Wildman–Crippen LogP) is 2.16. The zero-order valence-electron chi connectivity index (χ0n) is 8.43. The normalized spacial score (nSPS) is 9.62. The molecule has 5 heteroatoms. The van der Waals surface area contributed by atoms with Gasteiger partial charge < -0.3 is 5.73 Å². The zero-order chi connectivity index (χ0) is 10.7. The third kappa shape index (κ3) is 2.74. The SMILES string of the molecule is Cl.NCc1ncc(-c2cccc(F)c2)cn1. The van der Waals surface area contributed by atoms with Crippen molar-refractivity contribution in [3.8, 4) is 11.1 Å². The summed E-state index contributed by atoms with van der Waals surface area (Å²) in [5.41, 5.74) is 6.92. The standard InChI is InChI=1S/C11H10FN3.ClH/c12-10-3-1-2-8(4-10)9-6-14-11(5-13)15-7-9;/h1-4,6-7H,5,13H2;1H. The molecule has 0 spiro atoms. The second-order valence-corrected chi connectivity index (χ2v) is 3.10. The van der Waals surface area contributed by atoms with E-state index in [4.69, 9.17) is 5.73 Å². The first-order chi connectivity index (χ1) is 7.29. The van der Waals surface area contributed by atoms with E-state index in [9.17, 15) is 4.39 Å². The largest absolute Gasteiger partial charge is 0.324 e. The predicted molar refractivity (Wildman–Crippen MR) is 62.6 cm³/mol. The van der Waals surface area contributed by atoms with Crippen LogP contribution >= 0.6 is 12.4 Å². The number of nitrogens with zero attached hydrogens (tertiary/aromatic N) is 2. The summed E-state index contributed by atoms with van der Waals surface area (Å²) in [4.78, 5) is 8.09. The Morgan fingerprint density at radius 1 is 1.12 bits per heavy atom. The van der Waals surface area contributed by atoms with Gasteiger partial charge >= 0.3 is 0 Å². The molecule has 0 aliphatic carbocycles. The Morgan fingerprint density at radius 2 is 1.81 bits per heavy atom. The molecule has 0 saturated heterocycles. The van der Waals surface area contributed by atoms with E-state index in [1.165, 1.54) is 12.1 Å². The van der Waals surface area contributed by atoms with Crippen molar-refractivity contribution in [3.63, 3.8) is 0 Å². The Bertz CT molecular complexity index is 459. The van der Waals surface area contributed by atoms with Crippen LogP contribution in [0.2, 0.25) is 0 Å². The molecule has 1 aromatic heterocycles. The summed E-state index contributed by atoms with van der Waals surface area (Å²) in [6.07, 6.45) is 3.29. The van der Waals surface area contributed by atoms with Crippen LogP contribution in [-0.2, 0) is 6.54 Å². The molecule has 1 aromatic carbocycles. The Kier molecular flexibility index (Phi) is 4.34. The van der Waals surface area contributed by atoms with Crippen LogP contribution in [0.4, 0.5) is 4.39 Å². The average Bonchev–Trinajstić information content (AvgIpc) is 2.29. The highest BCUT2D eigenvalue weighted by Crippen LogP contribution is 2.17. The van der Waals surface area contributed by atoms with Crippen LogP contribution in [0.5, 0.6) is 0 Å². The Labute approximate surface area is 99.0 Å². The fourth-order valence-corrected chi connectivity index (χ4v) is 1.28. The molecule has 1 heterocycles. The van der Waals surface area contributed by atoms with Gasteiger partial charge in [-0.3, -0.25) is 0 Å². The van der Waals surface area contributed by atoms with Crippen molar-refractivity contribution in [3.05, 3.63) is 48.3 Å². The molecular weight excluding hydrogens is 229 g/mol. The van der Waals surface area contributed by atoms with E-state index in [1.54, 1.807) is 18.5 Å². The maximum atomic E-state index is 12.9. The maximum Gasteiger partial charge on any atom is 0.141 e. The van der Waals surface area contributed by atoms with Crippen molar-refractivity contribution in [1.82, 2.24) is 9.97 Å². The molecule has 0 aliphatic rings. The van der Waals surface area contributed by atoms with Crippen LogP contribution in [0.25, 0.3) is 11.1 Å². The quantitative estimate of drug-likeness (QED) is 0.874. The molecule has 0 aliphatic heterocycles. The minimum absolute atomic E-state index is 0. The van der Waals surface area contributed by atoms with Gasteiger partial charge in [0.2, 0.25) is 0 Å². The molecular formula is C11H11ClFN3. The molecule has 2 rings (SSSR count). The molecule has 0 radical (unpaired) electrons. The lowest BCUT2D eigenvalue weighted by Crippen LogP contribution is -2.02. The first kappa shape index (κ1) is 12.5. The van der Waals surface area contributed by atoms with Crippen LogP contribution < -0.4 is 5.73 Å². The highest BCUT2D eigenvalue weighted by atomic mass is 35.5. The number of halogens is 2. The highest BCUT2D eigenvalue weighted by Gasteiger charge is 2.00. The summed E-state index contributed by atoms with van der Waals surface area (Å²) in [6.45, 7) is 0.309. The van der Waals surface area contributed by atoms with Gasteiger partial charge in [0.15, 0.2) is 0 Å². The fourth-order valence-electron chi connectivity index (χ4n) is 1.28. The van der Waals surface area contributed by atoms with E-state index >= 15 is 0 Å². The zero-order valence-corrected chi connectivity index (χ0v) is 9.25. The molecule has 16 heavy (non-hydrogen) atoms. The lowest BCUT2D eigenvalue weighted by Gasteiger charge is -2.01. The minimum atomic E-state index is -0.268. The summed E-state index contributed by atoms with van der Waals surface area (Å²) in [7, 11) is 0. The minimum Gasteiger partial charge on any atom is -0.324 e. The van der Waals surface area contributed by atoms with Crippen molar-refractivity contribution < 1.29 is 4.39 Å². The van der Waals surface area contributed by atoms with Gasteiger partial charge in [0.1, 0.15) is 11.6 Å². The topological polar surface area (TPSA) is 51.8 Å². The van der Waals surface area contributed by atoms with E-state index in [-0.39, 0.29) is 18.2 Å². The molecule has 3 nitrogen and oxygen atoms in total. The van der Waals surface area contributed by atoms with Crippen molar-refractivity contribution >= 4 is 12.4 Å². The summed E-state index contributed by atoms with van der Waals surface area (Å²) < 4.78 is 12.9. The molecule has 0 fully saturated rings. The number of aromatic nitrogens is 2. The molecule has 0 unspecified atom stereocenters. The Morgan fingerprint density at radius 3 is 2.38 bits per heavy atom. The van der Waals surface area contributed by atoms with Crippen LogP contribution in [0.15, 0.2) is 36.7 Å². The monoisotopic (exact) mass is 239 g/mol. The summed E-state index contributed by atoms with van der Waals surface area (Å²) in [6, 6.07) is 6.31. The van der Waals surface area contributed by atoms with Crippen LogP contribution in [0.3, 0.4) is 0 Å². The third-order valence-corrected chi connectivity index (χ3v) is 2.05. The number of hydrogen-bond donors (Lipinski definition) is 1. The smallest absolute Gasteiger partial charge is 0.141 e. The van der Waals surface area contributed by atoms with Crippen LogP contribution in [-0.4, -0.2) is 9.97 Å². The molecule has 2 N–H and O–H groups in total. The first-order valence-corrected chi connectivity index (χ1v) is 4.56. The van der Waals surface area contributed by atoms with Crippen molar-refractivity contribution in [2.24, 2.45) is 5.73 Å². The number of benzene rings is 1. The fraction of sp³-hybridized carbons (Fsp3) is 0.0909. The second kappa shape index (κ2) is 5.53. The van der Waals surface area contributed by atoms with Crippen LogP contribution in [0, 0.1) is 5.82 Å². The van der Waals surface area contributed by atoms with Gasteiger partial charge in [-0.1, -0.05) is 12.1 Å². The molecule has 0 atom stereocenters. The van der Waals surface area contributed by atoms with Crippen LogP contribution in [0.1, 0.15) is 5.82 Å². The highest BCUT2D eigenvalue weighted by molar-refractivity contribution is 5.85. The van der Waals surface area contributed by atoms with E-state index in [0.717, 1.165) is 11.1 Å². The Hall–Kier alpha value is -1.52. The Balaban J connectivity index is 0.00000128. The van der Waals surface area contributed by atoms with Crippen molar-refractivity contribution in [1.29, 1.82) is 0 Å². The number of hydrogen-bond acceptors (Lipinski definition) is 3. The van der Waals surface area contributed by atoms with Gasteiger partial charge in [-0.05, 0) is 17.7 Å². The van der Waals surface area contributed by atoms with E-state index in [0.29, 0.717) is 12.4 Å². The first-order valence-electron chi connectivity index (χ1n) is 4.56. The third-order valence-electron chi connectivity index (χ3n) is 2.05. The summed E-state index contributed by atoms with van der Waals surface area (Å²) in [5.74, 6) is 0.311. The van der Waals surface area contributed by atoms with E-state index in [1.807, 2.05) is 6.07 Å². The van der Waals surface area contributed by atoms with Gasteiger partial charge in [-0.25, -0.2) is 14.4 Å². The molecule has 0 bridgehead atoms.